The fourth-order valence-corrected chi connectivity index (χ4v) is 2.80. The fourth-order valence-electron chi connectivity index (χ4n) is 2.80. The van der Waals surface area contributed by atoms with E-state index < -0.39 is 11.9 Å². The molecule has 0 N–H and O–H groups in total. The van der Waals surface area contributed by atoms with Gasteiger partial charge >= 0.3 is 6.18 Å². The summed E-state index contributed by atoms with van der Waals surface area (Å²) in [5.41, 5.74) is 0.590. The van der Waals surface area contributed by atoms with E-state index in [2.05, 4.69) is 15.1 Å². The molecule has 2 aromatic rings. The fraction of sp³-hybridized carbons (Fsp3) is 0.533. The first kappa shape index (κ1) is 15.8. The van der Waals surface area contributed by atoms with Crippen LogP contribution in [0.1, 0.15) is 30.7 Å². The van der Waals surface area contributed by atoms with Crippen molar-refractivity contribution in [1.82, 2.24) is 19.7 Å². The van der Waals surface area contributed by atoms with E-state index in [1.54, 1.807) is 24.9 Å². The van der Waals surface area contributed by atoms with Crippen LogP contribution in [0.4, 0.5) is 19.1 Å². The Morgan fingerprint density at radius 2 is 1.78 bits per heavy atom. The molecule has 1 fully saturated rings. The van der Waals surface area contributed by atoms with Crippen molar-refractivity contribution in [1.29, 1.82) is 0 Å². The minimum absolute atomic E-state index is 0.151. The monoisotopic (exact) mass is 325 g/mol. The van der Waals surface area contributed by atoms with Crippen LogP contribution in [-0.4, -0.2) is 32.8 Å². The molecule has 0 unspecified atom stereocenters. The zero-order valence-electron chi connectivity index (χ0n) is 13.1. The summed E-state index contributed by atoms with van der Waals surface area (Å²) < 4.78 is 41.2. The van der Waals surface area contributed by atoms with Gasteiger partial charge in [0.05, 0.1) is 11.4 Å². The molecule has 2 aromatic heterocycles. The largest absolute Gasteiger partial charge is 0.433 e. The maximum Gasteiger partial charge on any atom is 0.433 e. The molecule has 0 aliphatic carbocycles. The molecule has 0 radical (unpaired) electrons. The van der Waals surface area contributed by atoms with Crippen LogP contribution in [0.3, 0.4) is 0 Å². The predicted octanol–water partition coefficient (Wildman–Crippen LogP) is 3.19. The minimum atomic E-state index is -4.50. The van der Waals surface area contributed by atoms with Crippen molar-refractivity contribution in [3.8, 4) is 11.3 Å². The van der Waals surface area contributed by atoms with Crippen LogP contribution in [0.2, 0.25) is 0 Å². The molecule has 1 aliphatic heterocycles. The smallest absolute Gasteiger partial charge is 0.341 e. The Morgan fingerprint density at radius 3 is 2.35 bits per heavy atom. The van der Waals surface area contributed by atoms with Crippen LogP contribution in [-0.2, 0) is 13.2 Å². The molecule has 5 nitrogen and oxygen atoms in total. The minimum Gasteiger partial charge on any atom is -0.341 e. The summed E-state index contributed by atoms with van der Waals surface area (Å²) in [5.74, 6) is 0.151. The highest BCUT2D eigenvalue weighted by molar-refractivity contribution is 5.63. The summed E-state index contributed by atoms with van der Waals surface area (Å²) in [6.45, 7) is 3.13. The first-order valence-electron chi connectivity index (χ1n) is 7.56. The summed E-state index contributed by atoms with van der Waals surface area (Å²) in [6, 6.07) is 0.997. The lowest BCUT2D eigenvalue weighted by molar-refractivity contribution is -0.141. The maximum absolute atomic E-state index is 13.2. The van der Waals surface area contributed by atoms with E-state index in [1.807, 2.05) is 4.90 Å². The summed E-state index contributed by atoms with van der Waals surface area (Å²) in [4.78, 5) is 9.96. The highest BCUT2D eigenvalue weighted by Crippen LogP contribution is 2.32. The Morgan fingerprint density at radius 1 is 1.09 bits per heavy atom. The van der Waals surface area contributed by atoms with Crippen molar-refractivity contribution in [2.45, 2.75) is 32.4 Å². The molecule has 124 valence electrons. The molecule has 0 amide bonds. The maximum atomic E-state index is 13.2. The third kappa shape index (κ3) is 3.30. The second kappa shape index (κ2) is 5.82. The molecular weight excluding hydrogens is 307 g/mol. The highest BCUT2D eigenvalue weighted by atomic mass is 19.4. The topological polar surface area (TPSA) is 46.8 Å². The summed E-state index contributed by atoms with van der Waals surface area (Å²) in [7, 11) is 1.73. The van der Waals surface area contributed by atoms with Crippen molar-refractivity contribution in [2.75, 3.05) is 18.0 Å². The lowest BCUT2D eigenvalue weighted by atomic mass is 10.1. The van der Waals surface area contributed by atoms with Gasteiger partial charge in [-0.25, -0.2) is 9.97 Å². The van der Waals surface area contributed by atoms with Crippen LogP contribution < -0.4 is 4.90 Å². The number of aromatic nitrogens is 4. The predicted molar refractivity (Wildman–Crippen MR) is 80.0 cm³/mol. The number of hydrogen-bond donors (Lipinski definition) is 0. The lowest BCUT2D eigenvalue weighted by Gasteiger charge is -2.27. The molecule has 8 heteroatoms. The Labute approximate surface area is 132 Å². The molecule has 1 aliphatic rings. The number of nitrogens with zero attached hydrogens (tertiary/aromatic N) is 5. The number of piperidine rings is 1. The van der Waals surface area contributed by atoms with E-state index in [0.29, 0.717) is 24.3 Å². The number of aryl methyl sites for hydroxylation is 2. The normalized spacial score (nSPS) is 16.0. The van der Waals surface area contributed by atoms with Gasteiger partial charge in [0.25, 0.3) is 0 Å². The summed E-state index contributed by atoms with van der Waals surface area (Å²) in [5, 5.41) is 4.18. The quantitative estimate of drug-likeness (QED) is 0.851. The van der Waals surface area contributed by atoms with Gasteiger partial charge in [-0.1, -0.05) is 0 Å². The standard InChI is InChI=1S/C15H18F3N5/c1-10-11(9-22(2)21-10)12-8-13(15(16,17)18)20-14(19-12)23-6-4-3-5-7-23/h8-9H,3-7H2,1-2H3. The Bertz CT molecular complexity index is 702. The third-order valence-electron chi connectivity index (χ3n) is 3.93. The molecule has 0 aromatic carbocycles. The van der Waals surface area contributed by atoms with Crippen LogP contribution in [0.5, 0.6) is 0 Å². The molecule has 3 heterocycles. The van der Waals surface area contributed by atoms with E-state index in [4.69, 9.17) is 0 Å². The van der Waals surface area contributed by atoms with Gasteiger partial charge in [0.15, 0.2) is 5.69 Å². The molecule has 0 bridgehead atoms. The second-order valence-electron chi connectivity index (χ2n) is 5.79. The lowest BCUT2D eigenvalue weighted by Crippen LogP contribution is -2.31. The van der Waals surface area contributed by atoms with Crippen molar-refractivity contribution in [2.24, 2.45) is 7.05 Å². The Balaban J connectivity index is 2.09. The van der Waals surface area contributed by atoms with Crippen molar-refractivity contribution < 1.29 is 13.2 Å². The first-order valence-corrected chi connectivity index (χ1v) is 7.56. The van der Waals surface area contributed by atoms with Crippen LogP contribution in [0.15, 0.2) is 12.3 Å². The van der Waals surface area contributed by atoms with Gasteiger partial charge in [0, 0.05) is 31.9 Å². The molecule has 0 spiro atoms. The van der Waals surface area contributed by atoms with Crippen molar-refractivity contribution in [3.63, 3.8) is 0 Å². The van der Waals surface area contributed by atoms with Crippen LogP contribution in [0, 0.1) is 6.92 Å². The molecule has 0 atom stereocenters. The SMILES string of the molecule is Cc1nn(C)cc1-c1cc(C(F)(F)F)nc(N2CCCCC2)n1. The van der Waals surface area contributed by atoms with Gasteiger partial charge in [-0.3, -0.25) is 4.68 Å². The zero-order chi connectivity index (χ0) is 16.6. The Kier molecular flexibility index (Phi) is 3.99. The van der Waals surface area contributed by atoms with E-state index >= 15 is 0 Å². The number of halogens is 3. The zero-order valence-corrected chi connectivity index (χ0v) is 13.1. The number of anilines is 1. The summed E-state index contributed by atoms with van der Waals surface area (Å²) >= 11 is 0. The molecule has 3 rings (SSSR count). The number of rotatable bonds is 2. The van der Waals surface area contributed by atoms with Gasteiger partial charge in [-0.15, -0.1) is 0 Å². The van der Waals surface area contributed by atoms with E-state index in [0.717, 1.165) is 25.3 Å². The van der Waals surface area contributed by atoms with Gasteiger partial charge in [-0.2, -0.15) is 18.3 Å². The van der Waals surface area contributed by atoms with Crippen molar-refractivity contribution >= 4 is 5.95 Å². The van der Waals surface area contributed by atoms with Gasteiger partial charge in [-0.05, 0) is 32.3 Å². The van der Waals surface area contributed by atoms with Crippen molar-refractivity contribution in [3.05, 3.63) is 23.7 Å². The average molecular weight is 325 g/mol. The molecule has 0 saturated carbocycles. The van der Waals surface area contributed by atoms with E-state index in [1.165, 1.54) is 0 Å². The molecular formula is C15H18F3N5. The van der Waals surface area contributed by atoms with Crippen LogP contribution in [0.25, 0.3) is 11.3 Å². The number of hydrogen-bond acceptors (Lipinski definition) is 4. The second-order valence-corrected chi connectivity index (χ2v) is 5.79. The number of alkyl halides is 3. The molecule has 23 heavy (non-hydrogen) atoms. The van der Waals surface area contributed by atoms with Gasteiger partial charge in [0.2, 0.25) is 5.95 Å². The Hall–Kier alpha value is -2.12. The average Bonchev–Trinajstić information content (AvgIpc) is 2.85. The molecule has 1 saturated heterocycles. The van der Waals surface area contributed by atoms with E-state index in [9.17, 15) is 13.2 Å². The van der Waals surface area contributed by atoms with E-state index in [-0.39, 0.29) is 11.6 Å². The van der Waals surface area contributed by atoms with Gasteiger partial charge in [0.1, 0.15) is 0 Å². The van der Waals surface area contributed by atoms with Crippen LogP contribution >= 0.6 is 0 Å². The summed E-state index contributed by atoms with van der Waals surface area (Å²) in [6.07, 6.45) is 0.155. The first-order chi connectivity index (χ1) is 10.8. The highest BCUT2D eigenvalue weighted by Gasteiger charge is 2.34. The third-order valence-corrected chi connectivity index (χ3v) is 3.93. The van der Waals surface area contributed by atoms with Gasteiger partial charge < -0.3 is 4.90 Å².